The van der Waals surface area contributed by atoms with Crippen molar-refractivity contribution < 1.29 is 4.39 Å². The third-order valence-electron chi connectivity index (χ3n) is 3.18. The summed E-state index contributed by atoms with van der Waals surface area (Å²) in [6, 6.07) is 11.6. The van der Waals surface area contributed by atoms with Crippen LogP contribution < -0.4 is 10.6 Å². The highest BCUT2D eigenvalue weighted by Gasteiger charge is 2.17. The van der Waals surface area contributed by atoms with Crippen LogP contribution in [0.25, 0.3) is 0 Å². The second-order valence-electron chi connectivity index (χ2n) is 4.55. The predicted octanol–water partition coefficient (Wildman–Crippen LogP) is 4.27. The molecule has 2 rings (SSSR count). The highest BCUT2D eigenvalue weighted by atomic mass is 35.5. The van der Waals surface area contributed by atoms with Crippen molar-refractivity contribution in [3.05, 3.63) is 63.9 Å². The number of likely N-dealkylation sites (N-methyl/N-ethyl adjacent to an activating group) is 1. The lowest BCUT2D eigenvalue weighted by atomic mass is 10.0. The lowest BCUT2D eigenvalue weighted by Gasteiger charge is -2.29. The second kappa shape index (κ2) is 6.44. The van der Waals surface area contributed by atoms with Gasteiger partial charge in [-0.2, -0.15) is 0 Å². The summed E-state index contributed by atoms with van der Waals surface area (Å²) in [4.78, 5) is 1.91. The fourth-order valence-corrected chi connectivity index (χ4v) is 2.70. The van der Waals surface area contributed by atoms with E-state index in [9.17, 15) is 4.39 Å². The molecule has 0 aromatic heterocycles. The molecule has 2 N–H and O–H groups in total. The molecule has 0 aliphatic heterocycles. The summed E-state index contributed by atoms with van der Waals surface area (Å²) in [5, 5.41) is 1.11. The zero-order chi connectivity index (χ0) is 14.7. The highest BCUT2D eigenvalue weighted by Crippen LogP contribution is 2.29. The molecule has 1 atom stereocenters. The molecule has 0 aliphatic carbocycles. The molecule has 20 heavy (non-hydrogen) atoms. The van der Waals surface area contributed by atoms with Crippen LogP contribution in [0.2, 0.25) is 10.0 Å². The number of benzene rings is 2. The molecular formula is C15H15Cl2FN2. The second-order valence-corrected chi connectivity index (χ2v) is 5.42. The maximum Gasteiger partial charge on any atom is 0.125 e. The molecule has 2 nitrogen and oxygen atoms in total. The zero-order valence-electron chi connectivity index (χ0n) is 11.0. The first-order chi connectivity index (χ1) is 9.51. The minimum Gasteiger partial charge on any atom is -0.366 e. The van der Waals surface area contributed by atoms with Crippen LogP contribution in [0.1, 0.15) is 11.6 Å². The molecule has 0 bridgehead atoms. The van der Waals surface area contributed by atoms with Crippen LogP contribution in [0.3, 0.4) is 0 Å². The number of nitrogens with two attached hydrogens (primary N) is 1. The summed E-state index contributed by atoms with van der Waals surface area (Å²) in [7, 11) is 1.86. The molecule has 0 fully saturated rings. The monoisotopic (exact) mass is 312 g/mol. The van der Waals surface area contributed by atoms with Crippen LogP contribution in [0.15, 0.2) is 42.5 Å². The Morgan fingerprint density at radius 3 is 2.35 bits per heavy atom. The lowest BCUT2D eigenvalue weighted by Crippen LogP contribution is -2.30. The van der Waals surface area contributed by atoms with Crippen molar-refractivity contribution in [2.45, 2.75) is 6.04 Å². The van der Waals surface area contributed by atoms with Gasteiger partial charge in [-0.05, 0) is 42.0 Å². The maximum absolute atomic E-state index is 13.3. The van der Waals surface area contributed by atoms with Crippen molar-refractivity contribution in [3.63, 3.8) is 0 Å². The summed E-state index contributed by atoms with van der Waals surface area (Å²) < 4.78 is 13.3. The van der Waals surface area contributed by atoms with Crippen LogP contribution in [0.5, 0.6) is 0 Å². The summed E-state index contributed by atoms with van der Waals surface area (Å²) in [5.41, 5.74) is 7.51. The SMILES string of the molecule is CN(c1cccc(F)c1)C(CN)c1cc(Cl)cc(Cl)c1. The molecule has 2 aromatic rings. The molecule has 0 radical (unpaired) electrons. The van der Waals surface area contributed by atoms with E-state index in [1.54, 1.807) is 12.1 Å². The minimum absolute atomic E-state index is 0.131. The molecule has 0 aliphatic rings. The highest BCUT2D eigenvalue weighted by molar-refractivity contribution is 6.34. The van der Waals surface area contributed by atoms with E-state index < -0.39 is 0 Å². The van der Waals surface area contributed by atoms with Crippen LogP contribution in [0, 0.1) is 5.82 Å². The molecule has 2 aromatic carbocycles. The van der Waals surface area contributed by atoms with Crippen molar-refractivity contribution in [3.8, 4) is 0 Å². The van der Waals surface area contributed by atoms with Gasteiger partial charge >= 0.3 is 0 Å². The first-order valence-electron chi connectivity index (χ1n) is 6.15. The van der Waals surface area contributed by atoms with Gasteiger partial charge < -0.3 is 10.6 Å². The van der Waals surface area contributed by atoms with Gasteiger partial charge in [-0.1, -0.05) is 29.3 Å². The summed E-state index contributed by atoms with van der Waals surface area (Å²) >= 11 is 12.0. The molecule has 0 saturated heterocycles. The molecule has 0 spiro atoms. The number of nitrogens with zero attached hydrogens (tertiary/aromatic N) is 1. The van der Waals surface area contributed by atoms with Gasteiger partial charge in [0.15, 0.2) is 0 Å². The summed E-state index contributed by atoms with van der Waals surface area (Å²) in [6.07, 6.45) is 0. The average molecular weight is 313 g/mol. The van der Waals surface area contributed by atoms with E-state index in [-0.39, 0.29) is 11.9 Å². The number of rotatable bonds is 4. The van der Waals surface area contributed by atoms with Crippen LogP contribution in [0.4, 0.5) is 10.1 Å². The van der Waals surface area contributed by atoms with Gasteiger partial charge in [-0.25, -0.2) is 4.39 Å². The largest absolute Gasteiger partial charge is 0.366 e. The number of halogens is 3. The standard InChI is InChI=1S/C15H15Cl2FN2/c1-20(14-4-2-3-13(18)8-14)15(9-19)10-5-11(16)7-12(17)6-10/h2-8,15H,9,19H2,1H3. The van der Waals surface area contributed by atoms with E-state index in [0.29, 0.717) is 16.6 Å². The van der Waals surface area contributed by atoms with Gasteiger partial charge in [0.2, 0.25) is 0 Å². The Hall–Kier alpha value is -1.29. The molecule has 5 heteroatoms. The maximum atomic E-state index is 13.3. The smallest absolute Gasteiger partial charge is 0.125 e. The number of hydrogen-bond acceptors (Lipinski definition) is 2. The average Bonchev–Trinajstić information content (AvgIpc) is 2.38. The van der Waals surface area contributed by atoms with E-state index in [0.717, 1.165) is 11.3 Å². The Balaban J connectivity index is 2.36. The fraction of sp³-hybridized carbons (Fsp3) is 0.200. The number of anilines is 1. The third-order valence-corrected chi connectivity index (χ3v) is 3.61. The van der Waals surface area contributed by atoms with Crippen molar-refractivity contribution >= 4 is 28.9 Å². The van der Waals surface area contributed by atoms with Crippen molar-refractivity contribution in [1.29, 1.82) is 0 Å². The van der Waals surface area contributed by atoms with E-state index in [4.69, 9.17) is 28.9 Å². The molecule has 0 amide bonds. The van der Waals surface area contributed by atoms with Gasteiger partial charge in [-0.3, -0.25) is 0 Å². The topological polar surface area (TPSA) is 29.3 Å². The minimum atomic E-state index is -0.283. The Kier molecular flexibility index (Phi) is 4.86. The quantitative estimate of drug-likeness (QED) is 0.913. The third kappa shape index (κ3) is 3.42. The fourth-order valence-electron chi connectivity index (χ4n) is 2.16. The molecular weight excluding hydrogens is 298 g/mol. The Morgan fingerprint density at radius 2 is 1.80 bits per heavy atom. The van der Waals surface area contributed by atoms with E-state index >= 15 is 0 Å². The van der Waals surface area contributed by atoms with Crippen molar-refractivity contribution in [2.75, 3.05) is 18.5 Å². The van der Waals surface area contributed by atoms with Gasteiger partial charge in [0.25, 0.3) is 0 Å². The van der Waals surface area contributed by atoms with E-state index in [2.05, 4.69) is 0 Å². The Labute approximate surface area is 127 Å². The zero-order valence-corrected chi connectivity index (χ0v) is 12.5. The summed E-state index contributed by atoms with van der Waals surface area (Å²) in [6.45, 7) is 0.365. The van der Waals surface area contributed by atoms with E-state index in [1.807, 2.05) is 30.1 Å². The normalized spacial score (nSPS) is 12.2. The molecule has 0 heterocycles. The molecule has 1 unspecified atom stereocenters. The predicted molar refractivity (Wildman–Crippen MR) is 83.1 cm³/mol. The number of hydrogen-bond donors (Lipinski definition) is 1. The Bertz CT molecular complexity index is 584. The Morgan fingerprint density at radius 1 is 1.15 bits per heavy atom. The van der Waals surface area contributed by atoms with E-state index in [1.165, 1.54) is 12.1 Å². The van der Waals surface area contributed by atoms with Gasteiger partial charge in [0, 0.05) is 29.3 Å². The van der Waals surface area contributed by atoms with Crippen molar-refractivity contribution in [1.82, 2.24) is 0 Å². The summed E-state index contributed by atoms with van der Waals surface area (Å²) in [5.74, 6) is -0.283. The van der Waals surface area contributed by atoms with Crippen LogP contribution in [-0.2, 0) is 0 Å². The molecule has 106 valence electrons. The first-order valence-corrected chi connectivity index (χ1v) is 6.91. The van der Waals surface area contributed by atoms with Crippen LogP contribution in [-0.4, -0.2) is 13.6 Å². The first kappa shape index (κ1) is 15.1. The molecule has 0 saturated carbocycles. The van der Waals surface area contributed by atoms with Crippen LogP contribution >= 0.6 is 23.2 Å². The van der Waals surface area contributed by atoms with Gasteiger partial charge in [-0.15, -0.1) is 0 Å². The van der Waals surface area contributed by atoms with Crippen molar-refractivity contribution in [2.24, 2.45) is 5.73 Å². The van der Waals surface area contributed by atoms with Gasteiger partial charge in [0.05, 0.1) is 6.04 Å². The van der Waals surface area contributed by atoms with Gasteiger partial charge in [0.1, 0.15) is 5.82 Å². The lowest BCUT2D eigenvalue weighted by molar-refractivity contribution is 0.623.